The number of rotatable bonds is 3. The van der Waals surface area contributed by atoms with Crippen molar-refractivity contribution in [3.63, 3.8) is 0 Å². The zero-order valence-corrected chi connectivity index (χ0v) is 12.8. The Morgan fingerprint density at radius 1 is 1.00 bits per heavy atom. The molecule has 0 aliphatic heterocycles. The van der Waals surface area contributed by atoms with E-state index in [1.165, 1.54) is 18.2 Å². The van der Waals surface area contributed by atoms with Crippen molar-refractivity contribution in [3.8, 4) is 0 Å². The van der Waals surface area contributed by atoms with Gasteiger partial charge in [-0.1, -0.05) is 52.1 Å². The van der Waals surface area contributed by atoms with Crippen LogP contribution in [0.2, 0.25) is 15.1 Å². The minimum absolute atomic E-state index is 0.00555. The fourth-order valence-electron chi connectivity index (χ4n) is 1.48. The van der Waals surface area contributed by atoms with Crippen LogP contribution in [0.25, 0.3) is 0 Å². The molecule has 0 heterocycles. The first-order valence-electron chi connectivity index (χ1n) is 5.74. The van der Waals surface area contributed by atoms with Crippen molar-refractivity contribution in [2.75, 3.05) is 0 Å². The van der Waals surface area contributed by atoms with Gasteiger partial charge in [0.15, 0.2) is 5.84 Å². The van der Waals surface area contributed by atoms with Gasteiger partial charge in [0.2, 0.25) is 0 Å². The van der Waals surface area contributed by atoms with Crippen LogP contribution in [0.15, 0.2) is 47.6 Å². The highest BCUT2D eigenvalue weighted by Gasteiger charge is 2.11. The van der Waals surface area contributed by atoms with E-state index in [-0.39, 0.29) is 16.4 Å². The smallest absolute Gasteiger partial charge is 0.365 e. The van der Waals surface area contributed by atoms with Crippen LogP contribution in [-0.4, -0.2) is 11.8 Å². The van der Waals surface area contributed by atoms with E-state index < -0.39 is 5.97 Å². The average molecular weight is 344 g/mol. The molecule has 0 aromatic heterocycles. The number of carbonyl (C=O) groups is 1. The highest BCUT2D eigenvalue weighted by molar-refractivity contribution is 6.42. The number of nitrogens with zero attached hydrogens (tertiary/aromatic N) is 1. The van der Waals surface area contributed by atoms with Gasteiger partial charge in [-0.2, -0.15) is 0 Å². The molecule has 2 rings (SSSR count). The molecule has 0 fully saturated rings. The third kappa shape index (κ3) is 3.88. The lowest BCUT2D eigenvalue weighted by atomic mass is 10.2. The third-order valence-corrected chi connectivity index (χ3v) is 3.60. The molecule has 0 atom stereocenters. The van der Waals surface area contributed by atoms with Gasteiger partial charge in [-0.25, -0.2) is 4.79 Å². The first-order valence-corrected chi connectivity index (χ1v) is 6.87. The molecule has 0 saturated carbocycles. The molecule has 2 aromatic rings. The van der Waals surface area contributed by atoms with Gasteiger partial charge in [-0.05, 0) is 30.3 Å². The van der Waals surface area contributed by atoms with Crippen LogP contribution in [0.5, 0.6) is 0 Å². The molecule has 7 heteroatoms. The Labute approximate surface area is 136 Å². The van der Waals surface area contributed by atoms with Crippen LogP contribution in [0.1, 0.15) is 15.9 Å². The molecule has 0 amide bonds. The van der Waals surface area contributed by atoms with Gasteiger partial charge >= 0.3 is 5.97 Å². The summed E-state index contributed by atoms with van der Waals surface area (Å²) in [6.45, 7) is 0. The summed E-state index contributed by atoms with van der Waals surface area (Å²) >= 11 is 17.5. The number of oxime groups is 1. The minimum Gasteiger partial charge on any atom is -0.380 e. The van der Waals surface area contributed by atoms with E-state index in [0.717, 1.165) is 0 Å². The minimum atomic E-state index is -0.705. The lowest BCUT2D eigenvalue weighted by Crippen LogP contribution is -2.15. The Balaban J connectivity index is 2.14. The second-order valence-corrected chi connectivity index (χ2v) is 5.19. The van der Waals surface area contributed by atoms with Crippen LogP contribution >= 0.6 is 34.8 Å². The molecular weight excluding hydrogens is 335 g/mol. The van der Waals surface area contributed by atoms with Crippen molar-refractivity contribution in [2.24, 2.45) is 10.9 Å². The standard InChI is InChI=1S/C14H9Cl3N2O2/c15-10-4-2-1-3-9(10)13(18)19-21-14(20)8-5-6-11(16)12(17)7-8/h1-7H,(H2,18,19). The van der Waals surface area contributed by atoms with E-state index in [1.54, 1.807) is 24.3 Å². The molecule has 0 spiro atoms. The summed E-state index contributed by atoms with van der Waals surface area (Å²) in [5, 5.41) is 4.56. The fourth-order valence-corrected chi connectivity index (χ4v) is 2.02. The number of amidine groups is 1. The molecule has 0 radical (unpaired) electrons. The lowest BCUT2D eigenvalue weighted by molar-refractivity contribution is 0.0516. The van der Waals surface area contributed by atoms with Crippen LogP contribution in [0.4, 0.5) is 0 Å². The van der Waals surface area contributed by atoms with Crippen molar-refractivity contribution < 1.29 is 9.63 Å². The van der Waals surface area contributed by atoms with Crippen molar-refractivity contribution in [1.82, 2.24) is 0 Å². The Kier molecular flexibility index (Phi) is 5.07. The number of hydrogen-bond donors (Lipinski definition) is 1. The lowest BCUT2D eigenvalue weighted by Gasteiger charge is -2.03. The Bertz CT molecular complexity index is 717. The Morgan fingerprint density at radius 2 is 1.71 bits per heavy atom. The third-order valence-electron chi connectivity index (χ3n) is 2.53. The SMILES string of the molecule is NC(=NOC(=O)c1ccc(Cl)c(Cl)c1)c1ccccc1Cl. The van der Waals surface area contributed by atoms with Crippen LogP contribution in [0.3, 0.4) is 0 Å². The van der Waals surface area contributed by atoms with Gasteiger partial charge < -0.3 is 10.6 Å². The predicted molar refractivity (Wildman–Crippen MR) is 84.1 cm³/mol. The zero-order chi connectivity index (χ0) is 15.4. The van der Waals surface area contributed by atoms with Crippen LogP contribution in [0, 0.1) is 0 Å². The molecule has 21 heavy (non-hydrogen) atoms. The fraction of sp³-hybridized carbons (Fsp3) is 0. The molecule has 0 bridgehead atoms. The number of halogens is 3. The van der Waals surface area contributed by atoms with Gasteiger partial charge in [0.25, 0.3) is 0 Å². The monoisotopic (exact) mass is 342 g/mol. The normalized spacial score (nSPS) is 11.3. The quantitative estimate of drug-likeness (QED) is 0.394. The Morgan fingerprint density at radius 3 is 2.38 bits per heavy atom. The Hall–Kier alpha value is -1.75. The topological polar surface area (TPSA) is 64.7 Å². The van der Waals surface area contributed by atoms with E-state index in [0.29, 0.717) is 15.6 Å². The number of carbonyl (C=O) groups excluding carboxylic acids is 1. The molecule has 2 aromatic carbocycles. The summed E-state index contributed by atoms with van der Waals surface area (Å²) in [4.78, 5) is 16.6. The molecule has 108 valence electrons. The van der Waals surface area contributed by atoms with E-state index in [4.69, 9.17) is 45.4 Å². The van der Waals surface area contributed by atoms with Crippen molar-refractivity contribution in [3.05, 3.63) is 68.7 Å². The summed E-state index contributed by atoms with van der Waals surface area (Å²) in [6, 6.07) is 11.1. The maximum atomic E-state index is 11.8. The van der Waals surface area contributed by atoms with Crippen molar-refractivity contribution in [2.45, 2.75) is 0 Å². The van der Waals surface area contributed by atoms with Crippen molar-refractivity contribution in [1.29, 1.82) is 0 Å². The average Bonchev–Trinajstić information content (AvgIpc) is 2.47. The first-order chi connectivity index (χ1) is 9.99. The second-order valence-electron chi connectivity index (χ2n) is 3.96. The van der Waals surface area contributed by atoms with Gasteiger partial charge in [0.05, 0.1) is 20.6 Å². The van der Waals surface area contributed by atoms with Gasteiger partial charge in [-0.3, -0.25) is 0 Å². The van der Waals surface area contributed by atoms with Gasteiger partial charge in [-0.15, -0.1) is 0 Å². The number of benzene rings is 2. The summed E-state index contributed by atoms with van der Waals surface area (Å²) in [5.41, 5.74) is 6.40. The highest BCUT2D eigenvalue weighted by atomic mass is 35.5. The predicted octanol–water partition coefficient (Wildman–Crippen LogP) is 4.12. The molecule has 0 unspecified atom stereocenters. The molecule has 4 nitrogen and oxygen atoms in total. The van der Waals surface area contributed by atoms with Gasteiger partial charge in [0, 0.05) is 5.56 Å². The highest BCUT2D eigenvalue weighted by Crippen LogP contribution is 2.23. The maximum Gasteiger partial charge on any atom is 0.365 e. The number of nitrogens with two attached hydrogens (primary N) is 1. The van der Waals surface area contributed by atoms with E-state index in [9.17, 15) is 4.79 Å². The van der Waals surface area contributed by atoms with E-state index in [1.807, 2.05) is 0 Å². The van der Waals surface area contributed by atoms with Crippen LogP contribution in [-0.2, 0) is 4.84 Å². The summed E-state index contributed by atoms with van der Waals surface area (Å²) < 4.78 is 0. The summed E-state index contributed by atoms with van der Waals surface area (Å²) in [5.74, 6) is -0.711. The summed E-state index contributed by atoms with van der Waals surface area (Å²) in [6.07, 6.45) is 0. The van der Waals surface area contributed by atoms with Crippen molar-refractivity contribution >= 4 is 46.6 Å². The second kappa shape index (κ2) is 6.80. The van der Waals surface area contributed by atoms with Gasteiger partial charge in [0.1, 0.15) is 0 Å². The van der Waals surface area contributed by atoms with E-state index in [2.05, 4.69) is 5.16 Å². The molecule has 2 N–H and O–H groups in total. The molecule has 0 aliphatic rings. The zero-order valence-electron chi connectivity index (χ0n) is 10.5. The largest absolute Gasteiger partial charge is 0.380 e. The first kappa shape index (κ1) is 15.6. The van der Waals surface area contributed by atoms with Crippen LogP contribution < -0.4 is 5.73 Å². The summed E-state index contributed by atoms with van der Waals surface area (Å²) in [7, 11) is 0. The van der Waals surface area contributed by atoms with E-state index >= 15 is 0 Å². The molecule has 0 aliphatic carbocycles. The maximum absolute atomic E-state index is 11.8. The molecular formula is C14H9Cl3N2O2. The number of hydrogen-bond acceptors (Lipinski definition) is 3. The molecule has 0 saturated heterocycles.